The van der Waals surface area contributed by atoms with Crippen molar-refractivity contribution in [1.29, 1.82) is 0 Å². The Kier molecular flexibility index (Phi) is 8.64. The standard InChI is InChI=1S/C19H20BrCl2N5O2S/c1-27-19(24-25-26-27)30-7-6-23-10-12-8-14(20)18(17(9-12)28-2)29-11-13-15(21)4-3-5-16(13)22/h3-5,8-9,23H,6-7,10-11H2,1-2H3. The Morgan fingerprint density at radius 3 is 2.67 bits per heavy atom. The Bertz CT molecular complexity index is 985. The molecule has 7 nitrogen and oxygen atoms in total. The maximum absolute atomic E-state index is 6.23. The van der Waals surface area contributed by atoms with Crippen LogP contribution in [0.3, 0.4) is 0 Å². The lowest BCUT2D eigenvalue weighted by atomic mass is 10.2. The summed E-state index contributed by atoms with van der Waals surface area (Å²) in [5.41, 5.74) is 1.79. The van der Waals surface area contributed by atoms with Crippen molar-refractivity contribution in [1.82, 2.24) is 25.5 Å². The van der Waals surface area contributed by atoms with Crippen molar-refractivity contribution in [2.75, 3.05) is 19.4 Å². The summed E-state index contributed by atoms with van der Waals surface area (Å²) in [6.45, 7) is 1.73. The van der Waals surface area contributed by atoms with Gasteiger partial charge in [0.25, 0.3) is 0 Å². The van der Waals surface area contributed by atoms with Gasteiger partial charge in [-0.2, -0.15) is 0 Å². The van der Waals surface area contributed by atoms with Gasteiger partial charge in [0.05, 0.1) is 11.6 Å². The molecular formula is C19H20BrCl2N5O2S. The SMILES string of the molecule is COc1cc(CNCCSc2nnnn2C)cc(Br)c1OCc1c(Cl)cccc1Cl. The first-order valence-corrected chi connectivity index (χ1v) is 11.5. The number of ether oxygens (including phenoxy) is 2. The van der Waals surface area contributed by atoms with Crippen LogP contribution in [-0.4, -0.2) is 39.6 Å². The van der Waals surface area contributed by atoms with Crippen molar-refractivity contribution in [2.45, 2.75) is 18.3 Å². The number of halogens is 3. The molecule has 160 valence electrons. The van der Waals surface area contributed by atoms with E-state index < -0.39 is 0 Å². The summed E-state index contributed by atoms with van der Waals surface area (Å²) in [6.07, 6.45) is 0. The summed E-state index contributed by atoms with van der Waals surface area (Å²) in [5, 5.41) is 16.7. The van der Waals surface area contributed by atoms with Crippen LogP contribution in [0.15, 0.2) is 40.0 Å². The van der Waals surface area contributed by atoms with Gasteiger partial charge in [0, 0.05) is 41.5 Å². The molecule has 0 aliphatic rings. The van der Waals surface area contributed by atoms with E-state index in [1.54, 1.807) is 41.8 Å². The van der Waals surface area contributed by atoms with Gasteiger partial charge in [-0.05, 0) is 56.2 Å². The lowest BCUT2D eigenvalue weighted by Crippen LogP contribution is -2.17. The number of nitrogens with one attached hydrogen (secondary N) is 1. The zero-order valence-electron chi connectivity index (χ0n) is 16.4. The molecule has 0 fully saturated rings. The average Bonchev–Trinajstić information content (AvgIpc) is 3.13. The fourth-order valence-corrected chi connectivity index (χ4v) is 4.48. The zero-order valence-corrected chi connectivity index (χ0v) is 20.3. The van der Waals surface area contributed by atoms with Gasteiger partial charge in [-0.15, -0.1) is 5.10 Å². The van der Waals surface area contributed by atoms with Gasteiger partial charge in [-0.3, -0.25) is 0 Å². The molecule has 0 saturated carbocycles. The zero-order chi connectivity index (χ0) is 21.5. The molecule has 0 saturated heterocycles. The topological polar surface area (TPSA) is 74.1 Å². The molecule has 1 heterocycles. The van der Waals surface area contributed by atoms with E-state index >= 15 is 0 Å². The molecule has 11 heteroatoms. The molecule has 0 spiro atoms. The van der Waals surface area contributed by atoms with Crippen LogP contribution in [0.2, 0.25) is 10.0 Å². The molecule has 1 aromatic heterocycles. The number of hydrogen-bond donors (Lipinski definition) is 1. The molecule has 0 amide bonds. The largest absolute Gasteiger partial charge is 0.493 e. The molecule has 0 radical (unpaired) electrons. The Labute approximate surface area is 197 Å². The minimum atomic E-state index is 0.235. The van der Waals surface area contributed by atoms with Crippen LogP contribution >= 0.6 is 50.9 Å². The van der Waals surface area contributed by atoms with Crippen molar-refractivity contribution < 1.29 is 9.47 Å². The molecular weight excluding hydrogens is 513 g/mol. The van der Waals surface area contributed by atoms with E-state index in [1.165, 1.54) is 0 Å². The van der Waals surface area contributed by atoms with Gasteiger partial charge in [0.1, 0.15) is 6.61 Å². The number of tetrazole rings is 1. The molecule has 30 heavy (non-hydrogen) atoms. The first-order chi connectivity index (χ1) is 14.5. The fraction of sp³-hybridized carbons (Fsp3) is 0.316. The summed E-state index contributed by atoms with van der Waals surface area (Å²) in [4.78, 5) is 0. The first kappa shape index (κ1) is 23.1. The highest BCUT2D eigenvalue weighted by molar-refractivity contribution is 9.10. The third kappa shape index (κ3) is 6.01. The highest BCUT2D eigenvalue weighted by Crippen LogP contribution is 2.38. The second-order valence-electron chi connectivity index (χ2n) is 6.21. The molecule has 1 N–H and O–H groups in total. The van der Waals surface area contributed by atoms with Crippen molar-refractivity contribution in [3.05, 3.63) is 56.0 Å². The number of methoxy groups -OCH3 is 1. The van der Waals surface area contributed by atoms with Crippen LogP contribution in [0.5, 0.6) is 11.5 Å². The number of benzene rings is 2. The number of thioether (sulfide) groups is 1. The minimum Gasteiger partial charge on any atom is -0.493 e. The Balaban J connectivity index is 1.57. The monoisotopic (exact) mass is 531 g/mol. The van der Waals surface area contributed by atoms with Gasteiger partial charge in [0.2, 0.25) is 5.16 Å². The van der Waals surface area contributed by atoms with E-state index in [4.69, 9.17) is 32.7 Å². The van der Waals surface area contributed by atoms with Crippen molar-refractivity contribution in [3.63, 3.8) is 0 Å². The minimum absolute atomic E-state index is 0.235. The number of hydrogen-bond acceptors (Lipinski definition) is 7. The third-order valence-corrected chi connectivity index (χ3v) is 6.44. The van der Waals surface area contributed by atoms with Crippen LogP contribution < -0.4 is 14.8 Å². The van der Waals surface area contributed by atoms with Crippen molar-refractivity contribution in [2.24, 2.45) is 7.05 Å². The number of aryl methyl sites for hydroxylation is 1. The molecule has 0 atom stereocenters. The van der Waals surface area contributed by atoms with Crippen LogP contribution in [0.25, 0.3) is 0 Å². The highest BCUT2D eigenvalue weighted by Gasteiger charge is 2.14. The molecule has 3 rings (SSSR count). The first-order valence-electron chi connectivity index (χ1n) is 8.97. The second kappa shape index (κ2) is 11.2. The Morgan fingerprint density at radius 2 is 2.00 bits per heavy atom. The summed E-state index contributed by atoms with van der Waals surface area (Å²) in [5.74, 6) is 2.08. The van der Waals surface area contributed by atoms with E-state index in [2.05, 4.69) is 36.8 Å². The van der Waals surface area contributed by atoms with E-state index in [0.717, 1.165) is 33.1 Å². The predicted molar refractivity (Wildman–Crippen MR) is 123 cm³/mol. The Morgan fingerprint density at radius 1 is 1.23 bits per heavy atom. The van der Waals surface area contributed by atoms with Gasteiger partial charge >= 0.3 is 0 Å². The summed E-state index contributed by atoms with van der Waals surface area (Å²) < 4.78 is 13.9. The lowest BCUT2D eigenvalue weighted by molar-refractivity contribution is 0.282. The summed E-state index contributed by atoms with van der Waals surface area (Å²) in [6, 6.07) is 9.31. The van der Waals surface area contributed by atoms with Gasteiger partial charge < -0.3 is 14.8 Å². The smallest absolute Gasteiger partial charge is 0.209 e. The lowest BCUT2D eigenvalue weighted by Gasteiger charge is -2.16. The van der Waals surface area contributed by atoms with Gasteiger partial charge in [-0.1, -0.05) is 41.0 Å². The fourth-order valence-electron chi connectivity index (χ4n) is 2.62. The highest BCUT2D eigenvalue weighted by atomic mass is 79.9. The second-order valence-corrected chi connectivity index (χ2v) is 8.94. The molecule has 0 unspecified atom stereocenters. The quantitative estimate of drug-likeness (QED) is 0.298. The van der Waals surface area contributed by atoms with Crippen LogP contribution in [0, 0.1) is 0 Å². The third-order valence-electron chi connectivity index (χ3n) is 4.13. The van der Waals surface area contributed by atoms with E-state index in [0.29, 0.717) is 28.1 Å². The van der Waals surface area contributed by atoms with E-state index in [1.807, 2.05) is 19.2 Å². The molecule has 0 bridgehead atoms. The van der Waals surface area contributed by atoms with Crippen LogP contribution in [0.4, 0.5) is 0 Å². The maximum atomic E-state index is 6.23. The molecule has 0 aliphatic heterocycles. The van der Waals surface area contributed by atoms with Crippen molar-refractivity contribution >= 4 is 50.9 Å². The predicted octanol–water partition coefficient (Wildman–Crippen LogP) is 4.75. The number of rotatable bonds is 10. The molecule has 0 aliphatic carbocycles. The summed E-state index contributed by atoms with van der Waals surface area (Å²) in [7, 11) is 3.43. The van der Waals surface area contributed by atoms with Crippen LogP contribution in [0.1, 0.15) is 11.1 Å². The van der Waals surface area contributed by atoms with Gasteiger partial charge in [0.15, 0.2) is 11.5 Å². The average molecular weight is 533 g/mol. The Hall–Kier alpha value is -1.52. The number of nitrogens with zero attached hydrogens (tertiary/aromatic N) is 4. The number of aromatic nitrogens is 4. The molecule has 3 aromatic rings. The normalized spacial score (nSPS) is 11.0. The summed E-state index contributed by atoms with van der Waals surface area (Å²) >= 11 is 17.6. The van der Waals surface area contributed by atoms with E-state index in [9.17, 15) is 0 Å². The van der Waals surface area contributed by atoms with Crippen molar-refractivity contribution in [3.8, 4) is 11.5 Å². The van der Waals surface area contributed by atoms with Gasteiger partial charge in [-0.25, -0.2) is 4.68 Å². The molecule has 2 aromatic carbocycles. The van der Waals surface area contributed by atoms with E-state index in [-0.39, 0.29) is 6.61 Å². The van der Waals surface area contributed by atoms with Crippen LogP contribution in [-0.2, 0) is 20.2 Å². The maximum Gasteiger partial charge on any atom is 0.209 e.